The van der Waals surface area contributed by atoms with Gasteiger partial charge in [-0.25, -0.2) is 9.78 Å². The van der Waals surface area contributed by atoms with Crippen LogP contribution < -0.4 is 5.73 Å². The molecule has 0 unspecified atom stereocenters. The third-order valence-electron chi connectivity index (χ3n) is 2.01. The number of aromatic carboxylic acids is 1. The standard InChI is InChI=1S/C10H14N2O2/c1-10(2,3)6-4-7(9(13)14)8(11)12-5-6/h4-5H,1-3H3,(H2,11,12)(H,13,14). The Morgan fingerprint density at radius 3 is 2.50 bits per heavy atom. The Hall–Kier alpha value is -1.58. The Balaban J connectivity index is 3.27. The number of hydrogen-bond acceptors (Lipinski definition) is 3. The van der Waals surface area contributed by atoms with Crippen LogP contribution in [-0.2, 0) is 5.41 Å². The number of carboxylic acids is 1. The minimum atomic E-state index is -1.04. The van der Waals surface area contributed by atoms with Crippen molar-refractivity contribution in [2.75, 3.05) is 5.73 Å². The maximum Gasteiger partial charge on any atom is 0.339 e. The molecule has 0 aliphatic carbocycles. The molecule has 0 amide bonds. The van der Waals surface area contributed by atoms with E-state index < -0.39 is 5.97 Å². The first-order valence-corrected chi connectivity index (χ1v) is 4.31. The molecule has 0 atom stereocenters. The largest absolute Gasteiger partial charge is 0.478 e. The minimum absolute atomic E-state index is 0.0606. The highest BCUT2D eigenvalue weighted by molar-refractivity contribution is 5.92. The molecular formula is C10H14N2O2. The lowest BCUT2D eigenvalue weighted by atomic mass is 9.87. The smallest absolute Gasteiger partial charge is 0.339 e. The fourth-order valence-electron chi connectivity index (χ4n) is 1.06. The van der Waals surface area contributed by atoms with Crippen LogP contribution in [0.15, 0.2) is 12.3 Å². The number of carboxylic acid groups (broad SMARTS) is 1. The van der Waals surface area contributed by atoms with Gasteiger partial charge in [0.15, 0.2) is 0 Å². The van der Waals surface area contributed by atoms with Crippen molar-refractivity contribution in [3.63, 3.8) is 0 Å². The first kappa shape index (κ1) is 10.5. The van der Waals surface area contributed by atoms with Crippen LogP contribution in [0.3, 0.4) is 0 Å². The third kappa shape index (κ3) is 2.02. The Bertz CT molecular complexity index is 367. The molecule has 0 aliphatic heterocycles. The lowest BCUT2D eigenvalue weighted by Crippen LogP contribution is -2.14. The molecule has 4 nitrogen and oxygen atoms in total. The first-order chi connectivity index (χ1) is 6.32. The van der Waals surface area contributed by atoms with Crippen LogP contribution in [0.2, 0.25) is 0 Å². The van der Waals surface area contributed by atoms with Crippen molar-refractivity contribution >= 4 is 11.8 Å². The molecule has 1 heterocycles. The lowest BCUT2D eigenvalue weighted by Gasteiger charge is -2.19. The minimum Gasteiger partial charge on any atom is -0.478 e. The van der Waals surface area contributed by atoms with Crippen LogP contribution in [0.4, 0.5) is 5.82 Å². The number of carbonyl (C=O) groups is 1. The van der Waals surface area contributed by atoms with Crippen molar-refractivity contribution in [2.24, 2.45) is 0 Å². The zero-order chi connectivity index (χ0) is 10.9. The van der Waals surface area contributed by atoms with E-state index in [1.54, 1.807) is 12.3 Å². The Morgan fingerprint density at radius 1 is 1.50 bits per heavy atom. The molecule has 76 valence electrons. The second-order valence-electron chi connectivity index (χ2n) is 4.21. The summed E-state index contributed by atoms with van der Waals surface area (Å²) in [6.07, 6.45) is 1.61. The zero-order valence-electron chi connectivity index (χ0n) is 8.53. The van der Waals surface area contributed by atoms with Gasteiger partial charge in [0, 0.05) is 6.20 Å². The van der Waals surface area contributed by atoms with E-state index in [1.165, 1.54) is 0 Å². The monoisotopic (exact) mass is 194 g/mol. The number of hydrogen-bond donors (Lipinski definition) is 2. The predicted octanol–water partition coefficient (Wildman–Crippen LogP) is 1.66. The van der Waals surface area contributed by atoms with Crippen molar-refractivity contribution in [3.05, 3.63) is 23.4 Å². The van der Waals surface area contributed by atoms with E-state index in [-0.39, 0.29) is 16.8 Å². The average molecular weight is 194 g/mol. The van der Waals surface area contributed by atoms with E-state index in [9.17, 15) is 4.79 Å². The summed E-state index contributed by atoms with van der Waals surface area (Å²) in [4.78, 5) is 14.6. The third-order valence-corrected chi connectivity index (χ3v) is 2.01. The molecule has 14 heavy (non-hydrogen) atoms. The molecule has 0 saturated heterocycles. The van der Waals surface area contributed by atoms with Gasteiger partial charge in [0.25, 0.3) is 0 Å². The van der Waals surface area contributed by atoms with Crippen molar-refractivity contribution in [3.8, 4) is 0 Å². The number of rotatable bonds is 1. The van der Waals surface area contributed by atoms with Crippen LogP contribution in [0.5, 0.6) is 0 Å². The maximum absolute atomic E-state index is 10.8. The normalized spacial score (nSPS) is 11.4. The van der Waals surface area contributed by atoms with Gasteiger partial charge >= 0.3 is 5.97 Å². The summed E-state index contributed by atoms with van der Waals surface area (Å²) < 4.78 is 0. The topological polar surface area (TPSA) is 76.2 Å². The molecule has 1 aromatic heterocycles. The number of nitrogens with zero attached hydrogens (tertiary/aromatic N) is 1. The molecule has 4 heteroatoms. The van der Waals surface area contributed by atoms with Gasteiger partial charge in [-0.3, -0.25) is 0 Å². The van der Waals surface area contributed by atoms with E-state index in [0.29, 0.717) is 0 Å². The molecular weight excluding hydrogens is 180 g/mol. The molecule has 0 radical (unpaired) electrons. The van der Waals surface area contributed by atoms with Crippen molar-refractivity contribution in [1.82, 2.24) is 4.98 Å². The summed E-state index contributed by atoms with van der Waals surface area (Å²) in [6.45, 7) is 5.98. The van der Waals surface area contributed by atoms with E-state index in [0.717, 1.165) is 5.56 Å². The predicted molar refractivity (Wildman–Crippen MR) is 54.3 cm³/mol. The SMILES string of the molecule is CC(C)(C)c1cnc(N)c(C(=O)O)c1. The van der Waals surface area contributed by atoms with Gasteiger partial charge in [-0.15, -0.1) is 0 Å². The molecule has 0 saturated carbocycles. The van der Waals surface area contributed by atoms with Gasteiger partial charge < -0.3 is 10.8 Å². The number of anilines is 1. The number of pyridine rings is 1. The van der Waals surface area contributed by atoms with E-state index in [2.05, 4.69) is 4.98 Å². The number of nitrogens with two attached hydrogens (primary N) is 1. The van der Waals surface area contributed by atoms with E-state index >= 15 is 0 Å². The van der Waals surface area contributed by atoms with Crippen molar-refractivity contribution in [1.29, 1.82) is 0 Å². The Morgan fingerprint density at radius 2 is 2.07 bits per heavy atom. The highest BCUT2D eigenvalue weighted by Gasteiger charge is 2.18. The molecule has 1 rings (SSSR count). The quantitative estimate of drug-likeness (QED) is 0.712. The van der Waals surface area contributed by atoms with Crippen molar-refractivity contribution < 1.29 is 9.90 Å². The second-order valence-corrected chi connectivity index (χ2v) is 4.21. The summed E-state index contributed by atoms with van der Waals surface area (Å²) >= 11 is 0. The Kier molecular flexibility index (Phi) is 2.47. The van der Waals surface area contributed by atoms with Crippen LogP contribution >= 0.6 is 0 Å². The molecule has 0 aliphatic rings. The number of nitrogen functional groups attached to an aromatic ring is 1. The molecule has 0 aromatic carbocycles. The average Bonchev–Trinajstić information content (AvgIpc) is 2.02. The van der Waals surface area contributed by atoms with Crippen LogP contribution in [0, 0.1) is 0 Å². The van der Waals surface area contributed by atoms with E-state index in [4.69, 9.17) is 10.8 Å². The maximum atomic E-state index is 10.8. The van der Waals surface area contributed by atoms with Gasteiger partial charge in [0.2, 0.25) is 0 Å². The van der Waals surface area contributed by atoms with E-state index in [1.807, 2.05) is 20.8 Å². The van der Waals surface area contributed by atoms with Gasteiger partial charge in [-0.2, -0.15) is 0 Å². The highest BCUT2D eigenvalue weighted by atomic mass is 16.4. The fourth-order valence-corrected chi connectivity index (χ4v) is 1.06. The summed E-state index contributed by atoms with van der Waals surface area (Å²) in [7, 11) is 0. The van der Waals surface area contributed by atoms with Gasteiger partial charge in [-0.1, -0.05) is 20.8 Å². The van der Waals surface area contributed by atoms with Crippen LogP contribution in [-0.4, -0.2) is 16.1 Å². The van der Waals surface area contributed by atoms with Crippen LogP contribution in [0.25, 0.3) is 0 Å². The Labute approximate surface area is 82.8 Å². The summed E-state index contributed by atoms with van der Waals surface area (Å²) in [6, 6.07) is 1.57. The molecule has 1 aromatic rings. The second kappa shape index (κ2) is 3.29. The summed E-state index contributed by atoms with van der Waals surface area (Å²) in [5, 5.41) is 8.84. The number of aromatic nitrogens is 1. The first-order valence-electron chi connectivity index (χ1n) is 4.31. The highest BCUT2D eigenvalue weighted by Crippen LogP contribution is 2.23. The van der Waals surface area contributed by atoms with Gasteiger partial charge in [0.1, 0.15) is 11.4 Å². The van der Waals surface area contributed by atoms with Crippen LogP contribution in [0.1, 0.15) is 36.7 Å². The molecule has 3 N–H and O–H groups in total. The molecule has 0 bridgehead atoms. The van der Waals surface area contributed by atoms with Gasteiger partial charge in [-0.05, 0) is 17.0 Å². The van der Waals surface area contributed by atoms with Crippen molar-refractivity contribution in [2.45, 2.75) is 26.2 Å². The fraction of sp³-hybridized carbons (Fsp3) is 0.400. The summed E-state index contributed by atoms with van der Waals surface area (Å²) in [5.74, 6) is -0.980. The summed E-state index contributed by atoms with van der Waals surface area (Å²) in [5.41, 5.74) is 6.25. The molecule has 0 spiro atoms. The van der Waals surface area contributed by atoms with Gasteiger partial charge in [0.05, 0.1) is 0 Å². The zero-order valence-corrected chi connectivity index (χ0v) is 8.53. The molecule has 0 fully saturated rings. The lowest BCUT2D eigenvalue weighted by molar-refractivity contribution is 0.0697.